The van der Waals surface area contributed by atoms with Crippen molar-refractivity contribution in [2.75, 3.05) is 13.2 Å². The van der Waals surface area contributed by atoms with Crippen LogP contribution < -0.4 is 0 Å². The zero-order chi connectivity index (χ0) is 21.0. The molecule has 4 saturated carbocycles. The van der Waals surface area contributed by atoms with Gasteiger partial charge >= 0.3 is 5.97 Å². The maximum absolute atomic E-state index is 13.4. The number of carbonyl (C=O) groups is 2. The average molecular weight is 406 g/mol. The molecule has 0 radical (unpaired) electrons. The first kappa shape index (κ1) is 19.7. The number of aliphatic hydroxyl groups excluding tert-OH is 2. The van der Waals surface area contributed by atoms with Gasteiger partial charge in [-0.05, 0) is 49.5 Å². The molecule has 0 aromatic heterocycles. The summed E-state index contributed by atoms with van der Waals surface area (Å²) in [4.78, 5) is 24.9. The molecule has 6 rings (SSSR count). The molecule has 2 heterocycles. The van der Waals surface area contributed by atoms with Crippen molar-refractivity contribution in [1.29, 1.82) is 0 Å². The molecular formula is C22H30O7. The topological polar surface area (TPSA) is 113 Å². The second-order valence-corrected chi connectivity index (χ2v) is 10.4. The van der Waals surface area contributed by atoms with Crippen LogP contribution in [0.4, 0.5) is 0 Å². The number of ketones is 1. The van der Waals surface area contributed by atoms with Gasteiger partial charge in [-0.25, -0.2) is 0 Å². The Hall–Kier alpha value is -1.28. The Balaban J connectivity index is 1.69. The molecule has 7 nitrogen and oxygen atoms in total. The molecule has 3 N–H and O–H groups in total. The molecular weight excluding hydrogens is 376 g/mol. The van der Waals surface area contributed by atoms with Crippen LogP contribution in [0.15, 0.2) is 12.2 Å². The molecule has 6 aliphatic rings. The third-order valence-electron chi connectivity index (χ3n) is 9.25. The number of hydrogen-bond donors (Lipinski definition) is 3. The number of fused-ring (bicyclic) bond motifs is 2. The molecule has 4 bridgehead atoms. The predicted molar refractivity (Wildman–Crippen MR) is 100 cm³/mol. The molecule has 160 valence electrons. The van der Waals surface area contributed by atoms with E-state index in [0.29, 0.717) is 31.3 Å². The first-order valence-electron chi connectivity index (χ1n) is 10.6. The summed E-state index contributed by atoms with van der Waals surface area (Å²) >= 11 is 0. The first-order chi connectivity index (χ1) is 13.5. The quantitative estimate of drug-likeness (QED) is 0.462. The van der Waals surface area contributed by atoms with Crippen LogP contribution >= 0.6 is 0 Å². The van der Waals surface area contributed by atoms with Crippen molar-refractivity contribution in [1.82, 2.24) is 0 Å². The van der Waals surface area contributed by atoms with Crippen molar-refractivity contribution >= 4 is 11.8 Å². The minimum Gasteiger partial charge on any atom is -0.465 e. The Bertz CT molecular complexity index is 809. The van der Waals surface area contributed by atoms with Crippen LogP contribution in [0.2, 0.25) is 0 Å². The lowest BCUT2D eigenvalue weighted by molar-refractivity contribution is -0.450. The predicted octanol–water partition coefficient (Wildman–Crippen LogP) is 0.948. The molecule has 0 aromatic rings. The van der Waals surface area contributed by atoms with Gasteiger partial charge in [0.2, 0.25) is 5.79 Å². The van der Waals surface area contributed by atoms with Gasteiger partial charge in [-0.15, -0.1) is 0 Å². The number of hydrogen-bond acceptors (Lipinski definition) is 7. The Morgan fingerprint density at radius 1 is 1.31 bits per heavy atom. The van der Waals surface area contributed by atoms with Crippen LogP contribution in [-0.4, -0.2) is 58.3 Å². The third kappa shape index (κ3) is 1.98. The molecule has 0 amide bonds. The van der Waals surface area contributed by atoms with E-state index in [-0.39, 0.29) is 30.8 Å². The van der Waals surface area contributed by atoms with Gasteiger partial charge in [-0.1, -0.05) is 13.5 Å². The lowest BCUT2D eigenvalue weighted by atomic mass is 9.36. The van der Waals surface area contributed by atoms with Gasteiger partial charge in [-0.3, -0.25) is 9.59 Å². The smallest absolute Gasteiger partial charge is 0.302 e. The second-order valence-electron chi connectivity index (χ2n) is 10.4. The Morgan fingerprint density at radius 3 is 2.72 bits per heavy atom. The van der Waals surface area contributed by atoms with E-state index in [0.717, 1.165) is 6.42 Å². The molecule has 2 spiro atoms. The Morgan fingerprint density at radius 2 is 2.03 bits per heavy atom. The highest BCUT2D eigenvalue weighted by Crippen LogP contribution is 2.76. The molecule has 6 fully saturated rings. The van der Waals surface area contributed by atoms with Gasteiger partial charge in [-0.2, -0.15) is 0 Å². The first-order valence-corrected chi connectivity index (χ1v) is 10.6. The van der Waals surface area contributed by atoms with Crippen molar-refractivity contribution in [2.45, 2.75) is 63.9 Å². The van der Waals surface area contributed by atoms with Crippen molar-refractivity contribution < 1.29 is 34.4 Å². The van der Waals surface area contributed by atoms with E-state index in [1.807, 2.05) is 6.92 Å². The number of esters is 1. The normalized spacial score (nSPS) is 55.4. The number of allylic oxidation sites excluding steroid dienone is 1. The van der Waals surface area contributed by atoms with Gasteiger partial charge in [0.1, 0.15) is 6.10 Å². The average Bonchev–Trinajstić information content (AvgIpc) is 2.87. The maximum Gasteiger partial charge on any atom is 0.302 e. The van der Waals surface area contributed by atoms with Crippen LogP contribution in [0.1, 0.15) is 46.0 Å². The van der Waals surface area contributed by atoms with E-state index in [2.05, 4.69) is 6.58 Å². The number of rotatable bonds is 2. The minimum absolute atomic E-state index is 0.0130. The molecule has 2 aliphatic heterocycles. The van der Waals surface area contributed by atoms with E-state index in [1.54, 1.807) is 0 Å². The molecule has 2 saturated heterocycles. The van der Waals surface area contributed by atoms with E-state index in [4.69, 9.17) is 9.47 Å². The van der Waals surface area contributed by atoms with Gasteiger partial charge in [0.05, 0.1) is 24.7 Å². The minimum atomic E-state index is -2.02. The molecule has 4 aliphatic carbocycles. The van der Waals surface area contributed by atoms with Crippen molar-refractivity contribution in [3.05, 3.63) is 12.2 Å². The fraction of sp³-hybridized carbons (Fsp3) is 0.818. The highest BCUT2D eigenvalue weighted by molar-refractivity contribution is 6.04. The zero-order valence-corrected chi connectivity index (χ0v) is 17.0. The van der Waals surface area contributed by atoms with Crippen molar-refractivity contribution in [3.63, 3.8) is 0 Å². The van der Waals surface area contributed by atoms with E-state index in [9.17, 15) is 24.9 Å². The lowest BCUT2D eigenvalue weighted by Crippen LogP contribution is -2.84. The molecule has 0 aromatic carbocycles. The summed E-state index contributed by atoms with van der Waals surface area (Å²) in [7, 11) is 0. The fourth-order valence-corrected chi connectivity index (χ4v) is 8.08. The van der Waals surface area contributed by atoms with E-state index < -0.39 is 46.1 Å². The largest absolute Gasteiger partial charge is 0.465 e. The molecule has 0 unspecified atom stereocenters. The molecule has 7 heteroatoms. The highest BCUT2D eigenvalue weighted by atomic mass is 16.6. The van der Waals surface area contributed by atoms with Crippen LogP contribution in [0.5, 0.6) is 0 Å². The number of carbonyl (C=O) groups excluding carboxylic acids is 2. The summed E-state index contributed by atoms with van der Waals surface area (Å²) in [6.07, 6.45) is 0.743. The molecule has 9 atom stereocenters. The second kappa shape index (κ2) is 5.69. The summed E-state index contributed by atoms with van der Waals surface area (Å²) in [5.74, 6) is -3.52. The Kier molecular flexibility index (Phi) is 3.86. The summed E-state index contributed by atoms with van der Waals surface area (Å²) in [6.45, 7) is 7.44. The van der Waals surface area contributed by atoms with Gasteiger partial charge < -0.3 is 24.8 Å². The zero-order valence-electron chi connectivity index (χ0n) is 17.0. The third-order valence-corrected chi connectivity index (χ3v) is 9.25. The van der Waals surface area contributed by atoms with Crippen molar-refractivity contribution in [3.8, 4) is 0 Å². The van der Waals surface area contributed by atoms with E-state index >= 15 is 0 Å². The fourth-order valence-electron chi connectivity index (χ4n) is 8.08. The Labute approximate surface area is 170 Å². The standard InChI is InChI=1S/C22H30O7/c1-11-13-4-5-14-20-10-29-22(27,21(14,8-13)17(11)25)18(26)16(20)19(3,7-6-15(20)24)9-28-12(2)23/h13-16,18,24,26-27H,1,4-10H2,2-3H3/t13-,14-,15-,16-,18+,19+,20-,21+,22-/m1/s1. The highest BCUT2D eigenvalue weighted by Gasteiger charge is 2.84. The summed E-state index contributed by atoms with van der Waals surface area (Å²) in [5, 5.41) is 34.6. The van der Waals surface area contributed by atoms with Crippen LogP contribution in [0, 0.1) is 34.0 Å². The monoisotopic (exact) mass is 406 g/mol. The number of aliphatic hydroxyl groups is 3. The number of ether oxygens (including phenoxy) is 2. The number of Topliss-reactive ketones (excluding diaryl/α,β-unsaturated/α-hetero) is 1. The van der Waals surface area contributed by atoms with Crippen molar-refractivity contribution in [2.24, 2.45) is 34.0 Å². The van der Waals surface area contributed by atoms with Gasteiger partial charge in [0.15, 0.2) is 5.78 Å². The van der Waals surface area contributed by atoms with Crippen LogP contribution in [0.3, 0.4) is 0 Å². The van der Waals surface area contributed by atoms with Gasteiger partial charge in [0, 0.05) is 23.7 Å². The van der Waals surface area contributed by atoms with Crippen LogP contribution in [0.25, 0.3) is 0 Å². The molecule has 29 heavy (non-hydrogen) atoms. The SMILES string of the molecule is C=C1C(=O)[C@]23C[C@H]1CC[C@@H]2[C@@]12CO[C@]3(O)[C@@H](O)[C@@H]1[C@](C)(COC(C)=O)CC[C@H]2O. The lowest BCUT2D eigenvalue weighted by Gasteiger charge is -2.74. The van der Waals surface area contributed by atoms with Gasteiger partial charge in [0.25, 0.3) is 0 Å². The summed E-state index contributed by atoms with van der Waals surface area (Å²) in [5.41, 5.74) is -2.27. The maximum atomic E-state index is 13.4. The summed E-state index contributed by atoms with van der Waals surface area (Å²) in [6, 6.07) is 0. The summed E-state index contributed by atoms with van der Waals surface area (Å²) < 4.78 is 11.3. The van der Waals surface area contributed by atoms with Crippen LogP contribution in [-0.2, 0) is 19.1 Å². The van der Waals surface area contributed by atoms with E-state index in [1.165, 1.54) is 6.92 Å².